The monoisotopic (exact) mass is 217 g/mol. The molecular formula is C14H19NO. The van der Waals surface area contributed by atoms with Crippen LogP contribution in [0.5, 0.6) is 0 Å². The van der Waals surface area contributed by atoms with Crippen molar-refractivity contribution >= 4 is 5.71 Å². The average Bonchev–Trinajstić information content (AvgIpc) is 2.83. The summed E-state index contributed by atoms with van der Waals surface area (Å²) in [6, 6.07) is 10.3. The van der Waals surface area contributed by atoms with E-state index in [-0.39, 0.29) is 0 Å². The number of hydrogen-bond acceptors (Lipinski definition) is 2. The Bertz CT molecular complexity index is 332. The molecule has 0 amide bonds. The molecule has 1 aromatic rings. The zero-order valence-corrected chi connectivity index (χ0v) is 9.69. The molecule has 0 bridgehead atoms. The molecule has 1 aliphatic heterocycles. The Kier molecular flexibility index (Phi) is 4.56. The van der Waals surface area contributed by atoms with E-state index in [2.05, 4.69) is 17.1 Å². The zero-order valence-electron chi connectivity index (χ0n) is 9.69. The Labute approximate surface area is 97.4 Å². The summed E-state index contributed by atoms with van der Waals surface area (Å²) in [4.78, 5) is 4.45. The van der Waals surface area contributed by atoms with E-state index in [0.717, 1.165) is 32.6 Å². The molecule has 86 valence electrons. The van der Waals surface area contributed by atoms with Crippen LogP contribution < -0.4 is 0 Å². The SMILES string of the molecule is c1ccc(COCCCC2=NCCC2)cc1. The van der Waals surface area contributed by atoms with Gasteiger partial charge in [0.25, 0.3) is 0 Å². The van der Waals surface area contributed by atoms with E-state index in [0.29, 0.717) is 0 Å². The first kappa shape index (κ1) is 11.3. The largest absolute Gasteiger partial charge is 0.377 e. The lowest BCUT2D eigenvalue weighted by molar-refractivity contribution is 0.120. The number of hydrogen-bond donors (Lipinski definition) is 0. The summed E-state index contributed by atoms with van der Waals surface area (Å²) in [6.07, 6.45) is 4.68. The normalized spacial score (nSPS) is 15.1. The van der Waals surface area contributed by atoms with Crippen LogP contribution in [0.1, 0.15) is 31.2 Å². The van der Waals surface area contributed by atoms with Gasteiger partial charge in [-0.25, -0.2) is 0 Å². The van der Waals surface area contributed by atoms with E-state index >= 15 is 0 Å². The van der Waals surface area contributed by atoms with Gasteiger partial charge in [0, 0.05) is 18.9 Å². The highest BCUT2D eigenvalue weighted by molar-refractivity contribution is 5.85. The molecule has 0 unspecified atom stereocenters. The first-order valence-electron chi connectivity index (χ1n) is 6.09. The van der Waals surface area contributed by atoms with Crippen molar-refractivity contribution in [2.24, 2.45) is 4.99 Å². The lowest BCUT2D eigenvalue weighted by atomic mass is 10.1. The highest BCUT2D eigenvalue weighted by Crippen LogP contribution is 2.09. The maximum atomic E-state index is 5.62. The van der Waals surface area contributed by atoms with Gasteiger partial charge in [0.1, 0.15) is 0 Å². The molecule has 0 fully saturated rings. The van der Waals surface area contributed by atoms with Crippen molar-refractivity contribution in [1.82, 2.24) is 0 Å². The van der Waals surface area contributed by atoms with Crippen molar-refractivity contribution in [3.05, 3.63) is 35.9 Å². The minimum Gasteiger partial charge on any atom is -0.377 e. The van der Waals surface area contributed by atoms with Gasteiger partial charge in [-0.05, 0) is 31.2 Å². The third-order valence-electron chi connectivity index (χ3n) is 2.82. The molecule has 0 spiro atoms. The van der Waals surface area contributed by atoms with Crippen molar-refractivity contribution in [1.29, 1.82) is 0 Å². The maximum absolute atomic E-state index is 5.62. The van der Waals surface area contributed by atoms with Crippen LogP contribution >= 0.6 is 0 Å². The third-order valence-corrected chi connectivity index (χ3v) is 2.82. The summed E-state index contributed by atoms with van der Waals surface area (Å²) in [5, 5.41) is 0. The van der Waals surface area contributed by atoms with Crippen molar-refractivity contribution < 1.29 is 4.74 Å². The number of nitrogens with zero attached hydrogens (tertiary/aromatic N) is 1. The predicted octanol–water partition coefficient (Wildman–Crippen LogP) is 3.22. The Morgan fingerprint density at radius 3 is 2.81 bits per heavy atom. The Morgan fingerprint density at radius 2 is 2.06 bits per heavy atom. The van der Waals surface area contributed by atoms with E-state index in [1.807, 2.05) is 18.2 Å². The maximum Gasteiger partial charge on any atom is 0.0716 e. The number of rotatable bonds is 6. The molecular weight excluding hydrogens is 198 g/mol. The second-order valence-corrected chi connectivity index (χ2v) is 4.19. The first-order valence-corrected chi connectivity index (χ1v) is 6.09. The molecule has 1 heterocycles. The summed E-state index contributed by atoms with van der Waals surface area (Å²) in [7, 11) is 0. The molecule has 16 heavy (non-hydrogen) atoms. The van der Waals surface area contributed by atoms with Crippen molar-refractivity contribution in [2.75, 3.05) is 13.2 Å². The summed E-state index contributed by atoms with van der Waals surface area (Å²) < 4.78 is 5.62. The Morgan fingerprint density at radius 1 is 1.19 bits per heavy atom. The highest BCUT2D eigenvalue weighted by atomic mass is 16.5. The molecule has 1 aliphatic rings. The van der Waals surface area contributed by atoms with E-state index in [1.54, 1.807) is 0 Å². The van der Waals surface area contributed by atoms with Gasteiger partial charge in [0.2, 0.25) is 0 Å². The van der Waals surface area contributed by atoms with Crippen LogP contribution in [0.25, 0.3) is 0 Å². The van der Waals surface area contributed by atoms with Crippen LogP contribution in [0, 0.1) is 0 Å². The fourth-order valence-corrected chi connectivity index (χ4v) is 1.95. The van der Waals surface area contributed by atoms with Gasteiger partial charge in [-0.3, -0.25) is 4.99 Å². The van der Waals surface area contributed by atoms with Gasteiger partial charge < -0.3 is 4.74 Å². The van der Waals surface area contributed by atoms with Gasteiger partial charge in [0.15, 0.2) is 0 Å². The molecule has 0 N–H and O–H groups in total. The molecule has 0 aliphatic carbocycles. The van der Waals surface area contributed by atoms with Gasteiger partial charge in [0.05, 0.1) is 6.61 Å². The molecule has 2 heteroatoms. The molecule has 0 radical (unpaired) electrons. The lowest BCUT2D eigenvalue weighted by Crippen LogP contribution is -1.99. The predicted molar refractivity (Wildman–Crippen MR) is 66.9 cm³/mol. The van der Waals surface area contributed by atoms with Crippen LogP contribution in [-0.2, 0) is 11.3 Å². The number of aliphatic imine (C=N–C) groups is 1. The minimum absolute atomic E-state index is 0.729. The van der Waals surface area contributed by atoms with E-state index in [9.17, 15) is 0 Å². The Balaban J connectivity index is 1.55. The number of benzene rings is 1. The quantitative estimate of drug-likeness (QED) is 0.670. The molecule has 1 aromatic carbocycles. The average molecular weight is 217 g/mol. The molecule has 2 nitrogen and oxygen atoms in total. The van der Waals surface area contributed by atoms with Crippen molar-refractivity contribution in [3.63, 3.8) is 0 Å². The van der Waals surface area contributed by atoms with Crippen LogP contribution in [0.4, 0.5) is 0 Å². The summed E-state index contributed by atoms with van der Waals surface area (Å²) in [5.74, 6) is 0. The van der Waals surface area contributed by atoms with Gasteiger partial charge in [-0.15, -0.1) is 0 Å². The van der Waals surface area contributed by atoms with Crippen molar-refractivity contribution in [3.8, 4) is 0 Å². The van der Waals surface area contributed by atoms with Gasteiger partial charge >= 0.3 is 0 Å². The second-order valence-electron chi connectivity index (χ2n) is 4.19. The topological polar surface area (TPSA) is 21.6 Å². The van der Waals surface area contributed by atoms with Crippen LogP contribution in [0.2, 0.25) is 0 Å². The molecule has 0 saturated carbocycles. The Hall–Kier alpha value is -1.15. The summed E-state index contributed by atoms with van der Waals surface area (Å²) in [6.45, 7) is 2.61. The van der Waals surface area contributed by atoms with Crippen LogP contribution in [0.15, 0.2) is 35.3 Å². The van der Waals surface area contributed by atoms with E-state index < -0.39 is 0 Å². The second kappa shape index (κ2) is 6.44. The summed E-state index contributed by atoms with van der Waals surface area (Å²) >= 11 is 0. The van der Waals surface area contributed by atoms with Gasteiger partial charge in [-0.1, -0.05) is 30.3 Å². The molecule has 2 rings (SSSR count). The third kappa shape index (κ3) is 3.78. The lowest BCUT2D eigenvalue weighted by Gasteiger charge is -2.04. The minimum atomic E-state index is 0.729. The zero-order chi connectivity index (χ0) is 11.1. The molecule has 0 atom stereocenters. The summed E-state index contributed by atoms with van der Waals surface area (Å²) in [5.41, 5.74) is 2.64. The molecule has 0 saturated heterocycles. The molecule has 0 aromatic heterocycles. The van der Waals surface area contributed by atoms with E-state index in [4.69, 9.17) is 4.74 Å². The fourth-order valence-electron chi connectivity index (χ4n) is 1.95. The highest BCUT2D eigenvalue weighted by Gasteiger charge is 2.05. The standard InChI is InChI=1S/C14H19NO/c1-2-6-13(7-3-1)12-16-11-5-9-14-8-4-10-15-14/h1-3,6-7H,4-5,8-12H2. The van der Waals surface area contributed by atoms with Crippen LogP contribution in [0.3, 0.4) is 0 Å². The first-order chi connectivity index (χ1) is 7.95. The number of ether oxygens (including phenoxy) is 1. The smallest absolute Gasteiger partial charge is 0.0716 e. The van der Waals surface area contributed by atoms with Gasteiger partial charge in [-0.2, -0.15) is 0 Å². The van der Waals surface area contributed by atoms with Crippen molar-refractivity contribution in [2.45, 2.75) is 32.3 Å². The fraction of sp³-hybridized carbons (Fsp3) is 0.500. The van der Waals surface area contributed by atoms with Crippen LogP contribution in [-0.4, -0.2) is 18.9 Å². The van der Waals surface area contributed by atoms with E-state index in [1.165, 1.54) is 24.1 Å².